The van der Waals surface area contributed by atoms with Crippen LogP contribution in [0.25, 0.3) is 17.0 Å². The summed E-state index contributed by atoms with van der Waals surface area (Å²) in [5.74, 6) is -2.40. The van der Waals surface area contributed by atoms with Crippen LogP contribution in [-0.2, 0) is 16.0 Å². The Morgan fingerprint density at radius 2 is 2.00 bits per heavy atom. The van der Waals surface area contributed by atoms with Crippen molar-refractivity contribution in [3.05, 3.63) is 112 Å². The highest BCUT2D eigenvalue weighted by Gasteiger charge is 2.33. The minimum Gasteiger partial charge on any atom is -0.477 e. The number of hydrogen-bond donors (Lipinski definition) is 3. The zero-order chi connectivity index (χ0) is 29.9. The molecule has 210 valence electrons. The molecule has 2 heterocycles. The summed E-state index contributed by atoms with van der Waals surface area (Å²) in [5, 5.41) is 30.4. The molecule has 0 spiro atoms. The first-order valence-electron chi connectivity index (χ1n) is 13.4. The maximum atomic E-state index is 13.1. The molecule has 3 N–H and O–H groups in total. The lowest BCUT2D eigenvalue weighted by molar-refractivity contribution is -0.129. The van der Waals surface area contributed by atoms with Crippen LogP contribution in [0.2, 0.25) is 0 Å². The molecule has 9 nitrogen and oxygen atoms in total. The number of allylic oxidation sites excluding steroid dienone is 4. The van der Waals surface area contributed by atoms with Crippen LogP contribution < -0.4 is 15.8 Å². The highest BCUT2D eigenvalue weighted by atomic mass is 16.4. The van der Waals surface area contributed by atoms with Gasteiger partial charge in [0.05, 0.1) is 22.2 Å². The number of benzene rings is 2. The van der Waals surface area contributed by atoms with Crippen LogP contribution in [0.5, 0.6) is 0 Å². The predicted molar refractivity (Wildman–Crippen MR) is 162 cm³/mol. The van der Waals surface area contributed by atoms with Crippen LogP contribution in [0.15, 0.2) is 93.7 Å². The van der Waals surface area contributed by atoms with Gasteiger partial charge in [0.2, 0.25) is 0 Å². The van der Waals surface area contributed by atoms with Gasteiger partial charge in [-0.3, -0.25) is 10.2 Å². The number of nitrogens with zero attached hydrogens (tertiary/aromatic N) is 2. The number of nitrogens with one attached hydrogen (secondary N) is 2. The smallest absolute Gasteiger partial charge is 0.354 e. The average Bonchev–Trinajstić information content (AvgIpc) is 2.98. The van der Waals surface area contributed by atoms with Gasteiger partial charge in [0.1, 0.15) is 11.7 Å². The van der Waals surface area contributed by atoms with E-state index in [2.05, 4.69) is 35.4 Å². The van der Waals surface area contributed by atoms with Crippen LogP contribution >= 0.6 is 0 Å². The first-order valence-corrected chi connectivity index (χ1v) is 13.4. The number of carboxylic acid groups (broad SMARTS) is 1. The van der Waals surface area contributed by atoms with Crippen molar-refractivity contribution in [1.29, 1.82) is 10.7 Å². The number of carboxylic acids is 1. The van der Waals surface area contributed by atoms with E-state index in [-0.39, 0.29) is 16.7 Å². The molecule has 0 fully saturated rings. The normalized spacial score (nSPS) is 18.1. The van der Waals surface area contributed by atoms with Crippen molar-refractivity contribution < 1.29 is 19.1 Å². The fraction of sp³-hybridized carbons (Fsp3) is 0.182. The Kier molecular flexibility index (Phi) is 7.71. The summed E-state index contributed by atoms with van der Waals surface area (Å²) >= 11 is 0. The number of anilines is 2. The van der Waals surface area contributed by atoms with Crippen molar-refractivity contribution in [2.75, 3.05) is 16.8 Å². The van der Waals surface area contributed by atoms with Crippen molar-refractivity contribution in [2.45, 2.75) is 31.7 Å². The molecular formula is C33H28N4O5. The lowest BCUT2D eigenvalue weighted by Crippen LogP contribution is -2.47. The molecule has 1 aromatic heterocycles. The first-order chi connectivity index (χ1) is 20.2. The molecule has 0 saturated heterocycles. The van der Waals surface area contributed by atoms with Crippen LogP contribution in [0, 0.1) is 16.7 Å². The highest BCUT2D eigenvalue weighted by Crippen LogP contribution is 2.39. The Hall–Kier alpha value is -5.49. The maximum absolute atomic E-state index is 13.1. The van der Waals surface area contributed by atoms with Crippen molar-refractivity contribution >= 4 is 46.0 Å². The topological polar surface area (TPSA) is 147 Å². The van der Waals surface area contributed by atoms with Gasteiger partial charge in [0.25, 0.3) is 5.91 Å². The monoisotopic (exact) mass is 560 g/mol. The molecule has 1 amide bonds. The Bertz CT molecular complexity index is 1820. The largest absolute Gasteiger partial charge is 0.477 e. The number of para-hydroxylation sites is 1. The minimum atomic E-state index is -1.59. The lowest BCUT2D eigenvalue weighted by Gasteiger charge is -2.44. The molecule has 5 rings (SSSR count). The van der Waals surface area contributed by atoms with Gasteiger partial charge in [-0.15, -0.1) is 0 Å². The number of aryl methyl sites for hydroxylation is 1. The van der Waals surface area contributed by atoms with Gasteiger partial charge in [0, 0.05) is 29.4 Å². The van der Waals surface area contributed by atoms with Crippen molar-refractivity contribution in [2.24, 2.45) is 0 Å². The Labute approximate surface area is 241 Å². The van der Waals surface area contributed by atoms with Crippen molar-refractivity contribution in [3.8, 4) is 6.07 Å². The molecule has 2 aliphatic rings. The van der Waals surface area contributed by atoms with E-state index in [1.165, 1.54) is 12.2 Å². The number of nitriles is 1. The van der Waals surface area contributed by atoms with E-state index < -0.39 is 28.8 Å². The molecule has 9 heteroatoms. The van der Waals surface area contributed by atoms with E-state index in [1.807, 2.05) is 24.3 Å². The van der Waals surface area contributed by atoms with E-state index in [9.17, 15) is 24.8 Å². The third kappa shape index (κ3) is 5.43. The molecule has 1 aliphatic heterocycles. The number of hydrogen-bond acceptors (Lipinski definition) is 7. The van der Waals surface area contributed by atoms with Gasteiger partial charge >= 0.3 is 11.6 Å². The van der Waals surface area contributed by atoms with E-state index >= 15 is 0 Å². The number of rotatable bonds is 7. The number of carbonyl (C=O) groups is 2. The maximum Gasteiger partial charge on any atom is 0.354 e. The third-order valence-electron chi connectivity index (χ3n) is 7.51. The number of aliphatic carboxylic acids is 1. The second-order valence-electron chi connectivity index (χ2n) is 10.3. The third-order valence-corrected chi connectivity index (χ3v) is 7.51. The number of amides is 1. The molecule has 1 unspecified atom stereocenters. The van der Waals surface area contributed by atoms with Crippen LogP contribution in [0.4, 0.5) is 11.4 Å². The van der Waals surface area contributed by atoms with Gasteiger partial charge in [0.15, 0.2) is 5.71 Å². The van der Waals surface area contributed by atoms with Crippen LogP contribution in [0.1, 0.15) is 36.5 Å². The molecule has 0 radical (unpaired) electrons. The van der Waals surface area contributed by atoms with Gasteiger partial charge in [-0.25, -0.2) is 9.59 Å². The van der Waals surface area contributed by atoms with Crippen LogP contribution in [-0.4, -0.2) is 34.8 Å². The molecule has 0 saturated carbocycles. The summed E-state index contributed by atoms with van der Waals surface area (Å²) in [6, 6.07) is 14.2. The van der Waals surface area contributed by atoms with Crippen molar-refractivity contribution in [1.82, 2.24) is 0 Å². The molecule has 2 aromatic carbocycles. The minimum absolute atomic E-state index is 0.0362. The second-order valence-corrected chi connectivity index (χ2v) is 10.3. The second kappa shape index (κ2) is 11.6. The Morgan fingerprint density at radius 3 is 2.69 bits per heavy atom. The molecule has 42 heavy (non-hydrogen) atoms. The Balaban J connectivity index is 1.53. The fourth-order valence-corrected chi connectivity index (χ4v) is 5.36. The van der Waals surface area contributed by atoms with Gasteiger partial charge in [-0.05, 0) is 62.1 Å². The first kappa shape index (κ1) is 28.1. The van der Waals surface area contributed by atoms with E-state index in [0.717, 1.165) is 43.1 Å². The summed E-state index contributed by atoms with van der Waals surface area (Å²) in [4.78, 5) is 39.7. The van der Waals surface area contributed by atoms with Gasteiger partial charge in [-0.1, -0.05) is 48.6 Å². The summed E-state index contributed by atoms with van der Waals surface area (Å²) in [6.45, 7) is 3.02. The standard InChI is InChI=1S/C33H28N4O5/c1-33(15-6-3-7-16-33)37-17-9-10-21-18-25-26(20-34)23(32(41)42-28(25)19-27(21)37)13-8-14-24(29(35)31(39)40)30(38)36-22-11-4-2-5-12-22/h2-8,11-15,18-19,35H,9-10,16-17H2,1H3,(H,36,38)(H,39,40)/b13-8+,24-14-,35-29?. The molecule has 1 aliphatic carbocycles. The van der Waals surface area contributed by atoms with Crippen molar-refractivity contribution in [3.63, 3.8) is 0 Å². The quantitative estimate of drug-likeness (QED) is 0.152. The van der Waals surface area contributed by atoms with E-state index in [1.54, 1.807) is 30.3 Å². The van der Waals surface area contributed by atoms with E-state index in [4.69, 9.17) is 9.83 Å². The predicted octanol–water partition coefficient (Wildman–Crippen LogP) is 5.37. The van der Waals surface area contributed by atoms with Gasteiger partial charge in [-0.2, -0.15) is 5.26 Å². The average molecular weight is 561 g/mol. The lowest BCUT2D eigenvalue weighted by atomic mass is 9.87. The molecule has 1 atom stereocenters. The van der Waals surface area contributed by atoms with Gasteiger partial charge < -0.3 is 19.7 Å². The van der Waals surface area contributed by atoms with Crippen LogP contribution in [0.3, 0.4) is 0 Å². The highest BCUT2D eigenvalue weighted by molar-refractivity contribution is 6.48. The number of fused-ring (bicyclic) bond motifs is 2. The SMILES string of the molecule is CC1(N2CCCc3cc4c(C#N)c(/C=C/C=C(/C(=N)C(=O)O)C(=O)Nc5ccccc5)c(=O)oc4cc32)C=CC=CC1. The number of carbonyl (C=O) groups excluding carboxylic acids is 1. The molecular weight excluding hydrogens is 532 g/mol. The summed E-state index contributed by atoms with van der Waals surface area (Å²) < 4.78 is 5.69. The van der Waals surface area contributed by atoms with E-state index in [0.29, 0.717) is 16.7 Å². The molecule has 3 aromatic rings. The fourth-order valence-electron chi connectivity index (χ4n) is 5.36. The zero-order valence-electron chi connectivity index (χ0n) is 22.9. The summed E-state index contributed by atoms with van der Waals surface area (Å²) in [6.07, 6.45) is 14.6. The summed E-state index contributed by atoms with van der Waals surface area (Å²) in [7, 11) is 0. The zero-order valence-corrected chi connectivity index (χ0v) is 22.9. The Morgan fingerprint density at radius 1 is 1.21 bits per heavy atom. The molecule has 0 bridgehead atoms. The summed E-state index contributed by atoms with van der Waals surface area (Å²) in [5.41, 5.74) is 0.484.